The molecular weight excluding hydrogens is 441 g/mol. The van der Waals surface area contributed by atoms with Crippen molar-refractivity contribution < 1.29 is 4.52 Å². The number of nitrogens with zero attached hydrogens (tertiary/aromatic N) is 3. The van der Waals surface area contributed by atoms with Gasteiger partial charge in [0.25, 0.3) is 0 Å². The van der Waals surface area contributed by atoms with E-state index < -0.39 is 0 Å². The average molecular weight is 463 g/mol. The summed E-state index contributed by atoms with van der Waals surface area (Å²) in [6, 6.07) is 18.2. The second kappa shape index (κ2) is 9.91. The summed E-state index contributed by atoms with van der Waals surface area (Å²) in [5, 5.41) is 10.3. The molecule has 3 rings (SSSR count). The molecule has 0 aliphatic carbocycles. The largest absolute Gasteiger partial charge is 0.347 e. The predicted molar refractivity (Wildman–Crippen MR) is 114 cm³/mol. The molecule has 3 aromatic rings. The minimum Gasteiger partial charge on any atom is -0.347 e. The van der Waals surface area contributed by atoms with Crippen molar-refractivity contribution in [3.05, 3.63) is 77.4 Å². The van der Waals surface area contributed by atoms with E-state index in [0.29, 0.717) is 30.8 Å². The molecule has 1 aromatic heterocycles. The van der Waals surface area contributed by atoms with Crippen molar-refractivity contribution in [1.29, 1.82) is 0 Å². The number of benzene rings is 2. The van der Waals surface area contributed by atoms with E-state index in [0.717, 1.165) is 11.3 Å². The van der Waals surface area contributed by atoms with E-state index in [4.69, 9.17) is 4.52 Å². The normalized spacial score (nSPS) is 10.9. The number of halogens is 1. The Labute approximate surface area is 170 Å². The molecule has 0 spiro atoms. The van der Waals surface area contributed by atoms with Gasteiger partial charge in [-0.3, -0.25) is 0 Å². The highest BCUT2D eigenvalue weighted by molar-refractivity contribution is 14.0. The van der Waals surface area contributed by atoms with Crippen LogP contribution >= 0.6 is 24.0 Å². The van der Waals surface area contributed by atoms with Gasteiger partial charge in [0.1, 0.15) is 0 Å². The van der Waals surface area contributed by atoms with E-state index in [1.54, 1.807) is 6.92 Å². The molecule has 0 atom stereocenters. The van der Waals surface area contributed by atoms with Gasteiger partial charge in [-0.1, -0.05) is 53.2 Å². The zero-order valence-electron chi connectivity index (χ0n) is 14.8. The Morgan fingerprint density at radius 2 is 1.77 bits per heavy atom. The number of para-hydroxylation sites is 1. The molecular formula is C19H22IN5O. The Hall–Kier alpha value is -2.42. The fourth-order valence-corrected chi connectivity index (χ4v) is 2.23. The molecule has 0 aliphatic heterocycles. The van der Waals surface area contributed by atoms with Crippen LogP contribution in [-0.4, -0.2) is 16.1 Å². The van der Waals surface area contributed by atoms with Gasteiger partial charge in [-0.15, -0.1) is 24.0 Å². The zero-order valence-corrected chi connectivity index (χ0v) is 17.1. The van der Waals surface area contributed by atoms with Gasteiger partial charge in [-0.2, -0.15) is 4.98 Å². The van der Waals surface area contributed by atoms with E-state index >= 15 is 0 Å². The molecule has 0 saturated carbocycles. The van der Waals surface area contributed by atoms with E-state index in [-0.39, 0.29) is 24.0 Å². The van der Waals surface area contributed by atoms with Crippen LogP contribution in [-0.2, 0) is 13.1 Å². The van der Waals surface area contributed by atoms with Gasteiger partial charge in [-0.25, -0.2) is 4.99 Å². The van der Waals surface area contributed by atoms with Gasteiger partial charge >= 0.3 is 0 Å². The number of rotatable bonds is 5. The highest BCUT2D eigenvalue weighted by atomic mass is 127. The summed E-state index contributed by atoms with van der Waals surface area (Å²) in [7, 11) is 0. The maximum absolute atomic E-state index is 5.13. The fourth-order valence-electron chi connectivity index (χ4n) is 2.23. The zero-order chi connectivity index (χ0) is 17.5. The number of aryl methyl sites for hydroxylation is 2. The second-order valence-corrected chi connectivity index (χ2v) is 5.73. The average Bonchev–Trinajstić information content (AvgIpc) is 3.05. The molecule has 0 bridgehead atoms. The van der Waals surface area contributed by atoms with E-state index in [1.165, 1.54) is 5.56 Å². The molecule has 0 radical (unpaired) electrons. The molecule has 2 aromatic carbocycles. The fraction of sp³-hybridized carbons (Fsp3) is 0.211. The standard InChI is InChI=1S/C19H21N5O.HI/c1-14-8-10-16(11-9-14)12-20-19(23-17-6-4-3-5-7-17)21-13-18-22-15(2)24-25-18;/h3-11H,12-13H2,1-2H3,(H2,20,21,23);1H. The SMILES string of the molecule is Cc1ccc(CN=C(NCc2nc(C)no2)Nc2ccccc2)cc1.I. The number of nitrogens with one attached hydrogen (secondary N) is 2. The van der Waals surface area contributed by atoms with Crippen molar-refractivity contribution >= 4 is 35.6 Å². The summed E-state index contributed by atoms with van der Waals surface area (Å²) >= 11 is 0. The van der Waals surface area contributed by atoms with Crippen LogP contribution in [0.1, 0.15) is 22.8 Å². The van der Waals surface area contributed by atoms with Crippen LogP contribution in [0.3, 0.4) is 0 Å². The Kier molecular flexibility index (Phi) is 7.58. The third kappa shape index (κ3) is 6.14. The van der Waals surface area contributed by atoms with Crippen molar-refractivity contribution in [2.75, 3.05) is 5.32 Å². The topological polar surface area (TPSA) is 75.3 Å². The van der Waals surface area contributed by atoms with Crippen LogP contribution in [0, 0.1) is 13.8 Å². The molecule has 136 valence electrons. The molecule has 7 heteroatoms. The number of aromatic nitrogens is 2. The van der Waals surface area contributed by atoms with Gasteiger partial charge in [0.15, 0.2) is 11.8 Å². The highest BCUT2D eigenvalue weighted by Gasteiger charge is 2.05. The monoisotopic (exact) mass is 463 g/mol. The number of hydrogen-bond donors (Lipinski definition) is 2. The lowest BCUT2D eigenvalue weighted by Gasteiger charge is -2.11. The van der Waals surface area contributed by atoms with Crippen LogP contribution in [0.4, 0.5) is 5.69 Å². The Morgan fingerprint density at radius 3 is 2.42 bits per heavy atom. The first-order valence-electron chi connectivity index (χ1n) is 8.14. The molecule has 26 heavy (non-hydrogen) atoms. The summed E-state index contributed by atoms with van der Waals surface area (Å²) in [6.07, 6.45) is 0. The highest BCUT2D eigenvalue weighted by Crippen LogP contribution is 2.07. The first-order chi connectivity index (χ1) is 12.2. The van der Waals surface area contributed by atoms with Crippen LogP contribution in [0.2, 0.25) is 0 Å². The predicted octanol–water partition coefficient (Wildman–Crippen LogP) is 4.06. The Morgan fingerprint density at radius 1 is 1.04 bits per heavy atom. The maximum Gasteiger partial charge on any atom is 0.246 e. The van der Waals surface area contributed by atoms with Crippen LogP contribution < -0.4 is 10.6 Å². The summed E-state index contributed by atoms with van der Waals surface area (Å²) in [6.45, 7) is 4.85. The molecule has 0 unspecified atom stereocenters. The van der Waals surface area contributed by atoms with Crippen molar-refractivity contribution in [2.24, 2.45) is 4.99 Å². The first kappa shape index (κ1) is 19.9. The number of hydrogen-bond acceptors (Lipinski definition) is 4. The first-order valence-corrected chi connectivity index (χ1v) is 8.14. The van der Waals surface area contributed by atoms with E-state index in [1.807, 2.05) is 30.3 Å². The minimum atomic E-state index is 0. The third-order valence-electron chi connectivity index (χ3n) is 3.55. The smallest absolute Gasteiger partial charge is 0.246 e. The molecule has 1 heterocycles. The molecule has 0 fully saturated rings. The van der Waals surface area contributed by atoms with Gasteiger partial charge in [-0.05, 0) is 31.5 Å². The van der Waals surface area contributed by atoms with Crippen molar-refractivity contribution in [3.8, 4) is 0 Å². The number of anilines is 1. The van der Waals surface area contributed by atoms with Gasteiger partial charge in [0.05, 0.1) is 13.1 Å². The lowest BCUT2D eigenvalue weighted by Crippen LogP contribution is -2.30. The summed E-state index contributed by atoms with van der Waals surface area (Å²) in [5.74, 6) is 1.80. The lowest BCUT2D eigenvalue weighted by atomic mass is 10.1. The minimum absolute atomic E-state index is 0. The molecule has 6 nitrogen and oxygen atoms in total. The van der Waals surface area contributed by atoms with Gasteiger partial charge in [0, 0.05) is 5.69 Å². The van der Waals surface area contributed by atoms with Gasteiger partial charge in [0.2, 0.25) is 5.89 Å². The van der Waals surface area contributed by atoms with Crippen LogP contribution in [0.15, 0.2) is 64.1 Å². The van der Waals surface area contributed by atoms with E-state index in [9.17, 15) is 0 Å². The van der Waals surface area contributed by atoms with Crippen LogP contribution in [0.5, 0.6) is 0 Å². The lowest BCUT2D eigenvalue weighted by molar-refractivity contribution is 0.372. The summed E-state index contributed by atoms with van der Waals surface area (Å²) < 4.78 is 5.13. The molecule has 2 N–H and O–H groups in total. The summed E-state index contributed by atoms with van der Waals surface area (Å²) in [5.41, 5.74) is 3.34. The van der Waals surface area contributed by atoms with Crippen molar-refractivity contribution in [2.45, 2.75) is 26.9 Å². The number of guanidine groups is 1. The third-order valence-corrected chi connectivity index (χ3v) is 3.55. The molecule has 0 amide bonds. The Bertz CT molecular complexity index is 831. The van der Waals surface area contributed by atoms with Crippen molar-refractivity contribution in [3.63, 3.8) is 0 Å². The van der Waals surface area contributed by atoms with E-state index in [2.05, 4.69) is 57.0 Å². The van der Waals surface area contributed by atoms with Crippen molar-refractivity contribution in [1.82, 2.24) is 15.5 Å². The summed E-state index contributed by atoms with van der Waals surface area (Å²) in [4.78, 5) is 8.84. The molecule has 0 saturated heterocycles. The number of aliphatic imine (C=N–C) groups is 1. The second-order valence-electron chi connectivity index (χ2n) is 5.73. The van der Waals surface area contributed by atoms with Gasteiger partial charge < -0.3 is 15.2 Å². The quantitative estimate of drug-likeness (QED) is 0.339. The van der Waals surface area contributed by atoms with Crippen LogP contribution in [0.25, 0.3) is 0 Å². The molecule has 0 aliphatic rings. The Balaban J connectivity index is 0.00000243. The maximum atomic E-state index is 5.13.